The first-order chi connectivity index (χ1) is 9.76. The second-order valence-electron chi connectivity index (χ2n) is 4.37. The van der Waals surface area contributed by atoms with E-state index in [-0.39, 0.29) is 5.97 Å². The monoisotopic (exact) mass is 297 g/mol. The molecule has 0 amide bonds. The van der Waals surface area contributed by atoms with Crippen LogP contribution in [0.5, 0.6) is 0 Å². The van der Waals surface area contributed by atoms with Gasteiger partial charge in [-0.25, -0.2) is 0 Å². The van der Waals surface area contributed by atoms with E-state index in [9.17, 15) is 4.79 Å². The van der Waals surface area contributed by atoms with Crippen LogP contribution in [0.3, 0.4) is 0 Å². The Kier molecular flexibility index (Phi) is 8.46. The molecule has 0 aliphatic carbocycles. The lowest BCUT2D eigenvalue weighted by Crippen LogP contribution is -2.37. The van der Waals surface area contributed by atoms with E-state index in [1.165, 1.54) is 12.7 Å². The zero-order valence-corrected chi connectivity index (χ0v) is 13.0. The Morgan fingerprint density at radius 1 is 1.35 bits per heavy atom. The van der Waals surface area contributed by atoms with Gasteiger partial charge in [0.15, 0.2) is 5.96 Å². The fourth-order valence-corrected chi connectivity index (χ4v) is 2.35. The molecule has 0 spiro atoms. The molecule has 0 unspecified atom stereocenters. The van der Waals surface area contributed by atoms with Crippen molar-refractivity contribution in [2.45, 2.75) is 32.2 Å². The third-order valence-electron chi connectivity index (χ3n) is 2.84. The van der Waals surface area contributed by atoms with E-state index < -0.39 is 0 Å². The van der Waals surface area contributed by atoms with Gasteiger partial charge in [0.05, 0.1) is 7.11 Å². The number of esters is 1. The zero-order chi connectivity index (χ0) is 14.6. The van der Waals surface area contributed by atoms with Crippen molar-refractivity contribution in [2.75, 3.05) is 20.7 Å². The van der Waals surface area contributed by atoms with Crippen LogP contribution in [0.25, 0.3) is 0 Å². The number of rotatable bonds is 8. The number of hydrogen-bond acceptors (Lipinski definition) is 4. The Morgan fingerprint density at radius 3 is 2.85 bits per heavy atom. The molecule has 0 aromatic carbocycles. The largest absolute Gasteiger partial charge is 0.469 e. The molecule has 0 saturated heterocycles. The van der Waals surface area contributed by atoms with Gasteiger partial charge in [-0.1, -0.05) is 6.42 Å². The number of thiophene rings is 1. The summed E-state index contributed by atoms with van der Waals surface area (Å²) in [6, 6.07) is 2.09. The second-order valence-corrected chi connectivity index (χ2v) is 5.15. The predicted octanol–water partition coefficient (Wildman–Crippen LogP) is 2.15. The standard InChI is InChI=1S/C14H23N3O2S/c1-15-14(17-10-12-7-9-20-11-12)16-8-5-3-4-6-13(18)19-2/h7,9,11H,3-6,8,10H2,1-2H3,(H2,15,16,17). The van der Waals surface area contributed by atoms with Gasteiger partial charge in [-0.05, 0) is 35.2 Å². The second kappa shape index (κ2) is 10.3. The van der Waals surface area contributed by atoms with Crippen LogP contribution < -0.4 is 10.6 Å². The van der Waals surface area contributed by atoms with E-state index in [1.807, 2.05) is 0 Å². The molecule has 0 fully saturated rings. The molecule has 1 rings (SSSR count). The fourth-order valence-electron chi connectivity index (χ4n) is 1.68. The van der Waals surface area contributed by atoms with E-state index in [2.05, 4.69) is 37.2 Å². The first kappa shape index (κ1) is 16.5. The van der Waals surface area contributed by atoms with Crippen molar-refractivity contribution in [1.29, 1.82) is 0 Å². The van der Waals surface area contributed by atoms with E-state index in [0.717, 1.165) is 38.3 Å². The first-order valence-electron chi connectivity index (χ1n) is 6.78. The third-order valence-corrected chi connectivity index (χ3v) is 3.57. The molecule has 112 valence electrons. The Hall–Kier alpha value is -1.56. The number of unbranched alkanes of at least 4 members (excludes halogenated alkanes) is 2. The Labute approximate surface area is 124 Å². The normalized spacial score (nSPS) is 11.2. The van der Waals surface area contributed by atoms with Crippen LogP contribution in [-0.4, -0.2) is 32.6 Å². The molecule has 0 aliphatic rings. The molecule has 20 heavy (non-hydrogen) atoms. The molecule has 0 bridgehead atoms. The van der Waals surface area contributed by atoms with E-state index in [0.29, 0.717) is 6.42 Å². The number of methoxy groups -OCH3 is 1. The molecule has 2 N–H and O–H groups in total. The molecule has 5 nitrogen and oxygen atoms in total. The SMILES string of the molecule is CN=C(NCCCCCC(=O)OC)NCc1ccsc1. The highest BCUT2D eigenvalue weighted by atomic mass is 32.1. The van der Waals surface area contributed by atoms with Crippen molar-refractivity contribution in [3.05, 3.63) is 22.4 Å². The highest BCUT2D eigenvalue weighted by Crippen LogP contribution is 2.04. The molecule has 1 aromatic heterocycles. The maximum absolute atomic E-state index is 10.9. The molecule has 1 aromatic rings. The summed E-state index contributed by atoms with van der Waals surface area (Å²) in [7, 11) is 3.19. The van der Waals surface area contributed by atoms with Crippen LogP contribution in [-0.2, 0) is 16.1 Å². The lowest BCUT2D eigenvalue weighted by atomic mass is 10.2. The number of hydrogen-bond donors (Lipinski definition) is 2. The molecule has 0 saturated carbocycles. The Bertz CT molecular complexity index is 405. The maximum Gasteiger partial charge on any atom is 0.305 e. The zero-order valence-electron chi connectivity index (χ0n) is 12.1. The third kappa shape index (κ3) is 7.13. The Balaban J connectivity index is 2.05. The number of guanidine groups is 1. The minimum Gasteiger partial charge on any atom is -0.469 e. The number of aliphatic imine (C=N–C) groups is 1. The molecule has 0 radical (unpaired) electrons. The summed E-state index contributed by atoms with van der Waals surface area (Å²) < 4.78 is 4.60. The van der Waals surface area contributed by atoms with Gasteiger partial charge in [-0.3, -0.25) is 9.79 Å². The number of carbonyl (C=O) groups is 1. The van der Waals surface area contributed by atoms with E-state index in [1.54, 1.807) is 18.4 Å². The van der Waals surface area contributed by atoms with Crippen molar-refractivity contribution < 1.29 is 9.53 Å². The average molecular weight is 297 g/mol. The van der Waals surface area contributed by atoms with Crippen molar-refractivity contribution in [3.63, 3.8) is 0 Å². The quantitative estimate of drug-likeness (QED) is 0.334. The van der Waals surface area contributed by atoms with Crippen LogP contribution in [0.15, 0.2) is 21.8 Å². The molecule has 6 heteroatoms. The number of nitrogens with zero attached hydrogens (tertiary/aromatic N) is 1. The van der Waals surface area contributed by atoms with Crippen molar-refractivity contribution in [2.24, 2.45) is 4.99 Å². The Morgan fingerprint density at radius 2 is 2.20 bits per heavy atom. The highest BCUT2D eigenvalue weighted by molar-refractivity contribution is 7.07. The summed E-state index contributed by atoms with van der Waals surface area (Å²) in [5, 5.41) is 10.7. The maximum atomic E-state index is 10.9. The van der Waals surface area contributed by atoms with Crippen molar-refractivity contribution in [1.82, 2.24) is 10.6 Å². The minimum atomic E-state index is -0.133. The number of carbonyl (C=O) groups excluding carboxylic acids is 1. The summed E-state index contributed by atoms with van der Waals surface area (Å²) in [5.41, 5.74) is 1.26. The molecular formula is C14H23N3O2S. The molecule has 0 aliphatic heterocycles. The van der Waals surface area contributed by atoms with Crippen molar-refractivity contribution >= 4 is 23.3 Å². The van der Waals surface area contributed by atoms with Gasteiger partial charge in [-0.15, -0.1) is 0 Å². The van der Waals surface area contributed by atoms with Crippen LogP contribution in [0.4, 0.5) is 0 Å². The molecular weight excluding hydrogens is 274 g/mol. The summed E-state index contributed by atoms with van der Waals surface area (Å²) in [5.74, 6) is 0.676. The molecule has 0 atom stereocenters. The summed E-state index contributed by atoms with van der Waals surface area (Å²) in [6.45, 7) is 1.63. The van der Waals surface area contributed by atoms with E-state index in [4.69, 9.17) is 0 Å². The van der Waals surface area contributed by atoms with Gasteiger partial charge < -0.3 is 15.4 Å². The van der Waals surface area contributed by atoms with Crippen LogP contribution in [0, 0.1) is 0 Å². The predicted molar refractivity (Wildman–Crippen MR) is 83.0 cm³/mol. The first-order valence-corrected chi connectivity index (χ1v) is 7.73. The minimum absolute atomic E-state index is 0.133. The van der Waals surface area contributed by atoms with Gasteiger partial charge in [-0.2, -0.15) is 11.3 Å². The highest BCUT2D eigenvalue weighted by Gasteiger charge is 2.00. The summed E-state index contributed by atoms with van der Waals surface area (Å²) in [4.78, 5) is 15.1. The molecule has 1 heterocycles. The van der Waals surface area contributed by atoms with Crippen LogP contribution in [0.1, 0.15) is 31.2 Å². The lowest BCUT2D eigenvalue weighted by molar-refractivity contribution is -0.140. The average Bonchev–Trinajstić information content (AvgIpc) is 2.98. The summed E-state index contributed by atoms with van der Waals surface area (Å²) in [6.07, 6.45) is 3.39. The smallest absolute Gasteiger partial charge is 0.305 e. The van der Waals surface area contributed by atoms with Gasteiger partial charge >= 0.3 is 5.97 Å². The van der Waals surface area contributed by atoms with Crippen LogP contribution in [0.2, 0.25) is 0 Å². The summed E-state index contributed by atoms with van der Waals surface area (Å²) >= 11 is 1.69. The van der Waals surface area contributed by atoms with Gasteiger partial charge in [0, 0.05) is 26.6 Å². The topological polar surface area (TPSA) is 62.7 Å². The fraction of sp³-hybridized carbons (Fsp3) is 0.571. The van der Waals surface area contributed by atoms with Crippen LogP contribution >= 0.6 is 11.3 Å². The lowest BCUT2D eigenvalue weighted by Gasteiger charge is -2.11. The number of ether oxygens (including phenoxy) is 1. The number of nitrogens with one attached hydrogen (secondary N) is 2. The van der Waals surface area contributed by atoms with Gasteiger partial charge in [0.25, 0.3) is 0 Å². The van der Waals surface area contributed by atoms with Crippen molar-refractivity contribution in [3.8, 4) is 0 Å². The van der Waals surface area contributed by atoms with Gasteiger partial charge in [0.1, 0.15) is 0 Å². The van der Waals surface area contributed by atoms with Gasteiger partial charge in [0.2, 0.25) is 0 Å². The van der Waals surface area contributed by atoms with E-state index >= 15 is 0 Å².